The SMILES string of the molecule is C=C(C)OC(=O)NC(=N)c1ccc(NC(=O)OCC(=O)N[C@@H](C)c2cccc(OC)c2)cc1. The van der Waals surface area contributed by atoms with Crippen LogP contribution in [0, 0.1) is 5.41 Å². The number of amides is 3. The molecule has 3 amide bonds. The third-order valence-corrected chi connectivity index (χ3v) is 4.22. The Labute approximate surface area is 191 Å². The lowest BCUT2D eigenvalue weighted by Crippen LogP contribution is -2.32. The molecule has 10 nitrogen and oxygen atoms in total. The summed E-state index contributed by atoms with van der Waals surface area (Å²) in [6.07, 6.45) is -1.64. The maximum absolute atomic E-state index is 12.1. The number of allylic oxidation sites excluding steroid dienone is 1. The van der Waals surface area contributed by atoms with Gasteiger partial charge in [-0.25, -0.2) is 9.59 Å². The van der Waals surface area contributed by atoms with Gasteiger partial charge < -0.3 is 19.5 Å². The Kier molecular flexibility index (Phi) is 8.98. The van der Waals surface area contributed by atoms with Crippen molar-refractivity contribution in [2.24, 2.45) is 0 Å². The van der Waals surface area contributed by atoms with Crippen LogP contribution in [0.15, 0.2) is 60.9 Å². The Morgan fingerprint density at radius 3 is 2.42 bits per heavy atom. The van der Waals surface area contributed by atoms with E-state index in [4.69, 9.17) is 19.6 Å². The number of rotatable bonds is 8. The molecule has 4 N–H and O–H groups in total. The van der Waals surface area contributed by atoms with Gasteiger partial charge in [0.15, 0.2) is 6.61 Å². The van der Waals surface area contributed by atoms with Crippen LogP contribution >= 0.6 is 0 Å². The summed E-state index contributed by atoms with van der Waals surface area (Å²) in [5.41, 5.74) is 1.62. The van der Waals surface area contributed by atoms with Gasteiger partial charge >= 0.3 is 12.2 Å². The smallest absolute Gasteiger partial charge is 0.417 e. The van der Waals surface area contributed by atoms with Gasteiger partial charge in [-0.2, -0.15) is 0 Å². The molecule has 33 heavy (non-hydrogen) atoms. The van der Waals surface area contributed by atoms with Gasteiger partial charge in [0.1, 0.15) is 11.6 Å². The molecule has 0 spiro atoms. The van der Waals surface area contributed by atoms with Gasteiger partial charge in [0.25, 0.3) is 5.91 Å². The number of methoxy groups -OCH3 is 1. The van der Waals surface area contributed by atoms with Crippen molar-refractivity contribution in [3.05, 3.63) is 72.0 Å². The van der Waals surface area contributed by atoms with Crippen LogP contribution in [0.1, 0.15) is 31.0 Å². The predicted octanol–water partition coefficient (Wildman–Crippen LogP) is 3.71. The van der Waals surface area contributed by atoms with E-state index in [0.29, 0.717) is 17.0 Å². The molecule has 0 aromatic heterocycles. The number of amidine groups is 1. The van der Waals surface area contributed by atoms with E-state index in [9.17, 15) is 14.4 Å². The summed E-state index contributed by atoms with van der Waals surface area (Å²) in [6.45, 7) is 6.29. The molecule has 0 saturated carbocycles. The summed E-state index contributed by atoms with van der Waals surface area (Å²) in [5, 5.41) is 15.3. The first-order valence-electron chi connectivity index (χ1n) is 9.88. The summed E-state index contributed by atoms with van der Waals surface area (Å²) in [7, 11) is 1.56. The molecule has 0 saturated heterocycles. The Morgan fingerprint density at radius 2 is 1.79 bits per heavy atom. The van der Waals surface area contributed by atoms with E-state index in [1.165, 1.54) is 31.2 Å². The molecule has 0 bridgehead atoms. The second-order valence-electron chi connectivity index (χ2n) is 6.94. The minimum Gasteiger partial charge on any atom is -0.497 e. The van der Waals surface area contributed by atoms with Crippen molar-refractivity contribution >= 4 is 29.6 Å². The van der Waals surface area contributed by atoms with Gasteiger partial charge in [-0.15, -0.1) is 0 Å². The summed E-state index contributed by atoms with van der Waals surface area (Å²) in [5.74, 6) is 0.226. The third kappa shape index (κ3) is 8.37. The standard InChI is InChI=1S/C23H26N4O6/c1-14(2)33-23(30)27-21(24)16-8-10-18(11-9-16)26-22(29)32-13-20(28)25-15(3)17-6-5-7-19(12-17)31-4/h5-12,15H,1,13H2,2-4H3,(H,25,28)(H,26,29)(H2,24,27,30)/t15-/m0/s1. The van der Waals surface area contributed by atoms with Gasteiger partial charge in [0, 0.05) is 11.3 Å². The van der Waals surface area contributed by atoms with Crippen LogP contribution in [0.3, 0.4) is 0 Å². The number of anilines is 1. The van der Waals surface area contributed by atoms with Gasteiger partial charge in [-0.05, 0) is 55.8 Å². The first-order chi connectivity index (χ1) is 15.7. The van der Waals surface area contributed by atoms with Gasteiger partial charge in [0.05, 0.1) is 18.9 Å². The fraction of sp³-hybridized carbons (Fsp3) is 0.217. The van der Waals surface area contributed by atoms with E-state index in [1.807, 2.05) is 12.1 Å². The minimum atomic E-state index is -0.822. The molecule has 0 unspecified atom stereocenters. The highest BCUT2D eigenvalue weighted by Gasteiger charge is 2.13. The summed E-state index contributed by atoms with van der Waals surface area (Å²) >= 11 is 0. The van der Waals surface area contributed by atoms with Crippen LogP contribution in [0.5, 0.6) is 5.75 Å². The molecule has 0 aliphatic rings. The molecule has 2 aromatic rings. The molecular formula is C23H26N4O6. The average molecular weight is 454 g/mol. The first-order valence-corrected chi connectivity index (χ1v) is 9.88. The largest absolute Gasteiger partial charge is 0.497 e. The molecule has 2 aromatic carbocycles. The topological polar surface area (TPSA) is 139 Å². The quantitative estimate of drug-likeness (QED) is 0.272. The molecular weight excluding hydrogens is 428 g/mol. The lowest BCUT2D eigenvalue weighted by atomic mass is 10.1. The van der Waals surface area contributed by atoms with Crippen molar-refractivity contribution in [3.63, 3.8) is 0 Å². The summed E-state index contributed by atoms with van der Waals surface area (Å²) in [4.78, 5) is 35.6. The third-order valence-electron chi connectivity index (χ3n) is 4.22. The number of hydrogen-bond donors (Lipinski definition) is 4. The summed E-state index contributed by atoms with van der Waals surface area (Å²) < 4.78 is 14.8. The van der Waals surface area contributed by atoms with Crippen molar-refractivity contribution in [2.45, 2.75) is 19.9 Å². The fourth-order valence-electron chi connectivity index (χ4n) is 2.64. The number of ether oxygens (including phenoxy) is 3. The first kappa shape index (κ1) is 24.9. The highest BCUT2D eigenvalue weighted by Crippen LogP contribution is 2.18. The number of hydrogen-bond acceptors (Lipinski definition) is 7. The molecule has 0 aliphatic heterocycles. The Balaban J connectivity index is 1.79. The van der Waals surface area contributed by atoms with Gasteiger partial charge in [0.2, 0.25) is 0 Å². The Bertz CT molecular complexity index is 1040. The molecule has 0 radical (unpaired) electrons. The lowest BCUT2D eigenvalue weighted by molar-refractivity contribution is -0.124. The van der Waals surface area contributed by atoms with Crippen LogP contribution in [0.4, 0.5) is 15.3 Å². The van der Waals surface area contributed by atoms with E-state index in [2.05, 4.69) is 22.5 Å². The molecule has 0 fully saturated rings. The van der Waals surface area contributed by atoms with Crippen molar-refractivity contribution < 1.29 is 28.6 Å². The monoisotopic (exact) mass is 454 g/mol. The molecule has 0 aliphatic carbocycles. The number of nitrogens with one attached hydrogen (secondary N) is 4. The van der Waals surface area contributed by atoms with Crippen molar-refractivity contribution in [2.75, 3.05) is 19.0 Å². The number of benzene rings is 2. The van der Waals surface area contributed by atoms with E-state index in [0.717, 1.165) is 5.56 Å². The van der Waals surface area contributed by atoms with Crippen LogP contribution < -0.4 is 20.7 Å². The zero-order valence-corrected chi connectivity index (χ0v) is 18.6. The predicted molar refractivity (Wildman–Crippen MR) is 122 cm³/mol. The van der Waals surface area contributed by atoms with Crippen molar-refractivity contribution in [1.82, 2.24) is 10.6 Å². The van der Waals surface area contributed by atoms with E-state index < -0.39 is 24.7 Å². The zero-order chi connectivity index (χ0) is 24.4. The molecule has 10 heteroatoms. The normalized spacial score (nSPS) is 10.9. The van der Waals surface area contributed by atoms with Gasteiger partial charge in [-0.3, -0.25) is 20.8 Å². The van der Waals surface area contributed by atoms with Crippen LogP contribution in [-0.2, 0) is 14.3 Å². The maximum Gasteiger partial charge on any atom is 0.417 e. The van der Waals surface area contributed by atoms with Crippen LogP contribution in [0.2, 0.25) is 0 Å². The average Bonchev–Trinajstić information content (AvgIpc) is 2.77. The minimum absolute atomic E-state index is 0.183. The Morgan fingerprint density at radius 1 is 1.09 bits per heavy atom. The molecule has 1 atom stereocenters. The summed E-state index contributed by atoms with van der Waals surface area (Å²) in [6, 6.07) is 13.0. The highest BCUT2D eigenvalue weighted by atomic mass is 16.6. The van der Waals surface area contributed by atoms with Crippen molar-refractivity contribution in [3.8, 4) is 5.75 Å². The fourth-order valence-corrected chi connectivity index (χ4v) is 2.64. The maximum atomic E-state index is 12.1. The van der Waals surface area contributed by atoms with E-state index >= 15 is 0 Å². The van der Waals surface area contributed by atoms with E-state index in [1.54, 1.807) is 26.2 Å². The molecule has 174 valence electrons. The van der Waals surface area contributed by atoms with Crippen LogP contribution in [0.25, 0.3) is 0 Å². The lowest BCUT2D eigenvalue weighted by Gasteiger charge is -2.15. The Hall–Kier alpha value is -4.34. The number of carbonyl (C=O) groups is 3. The molecule has 0 heterocycles. The second kappa shape index (κ2) is 11.9. The van der Waals surface area contributed by atoms with Gasteiger partial charge in [-0.1, -0.05) is 18.7 Å². The highest BCUT2D eigenvalue weighted by molar-refractivity contribution is 6.04. The molecule has 2 rings (SSSR count). The number of carbonyl (C=O) groups excluding carboxylic acids is 3. The zero-order valence-electron chi connectivity index (χ0n) is 18.6. The van der Waals surface area contributed by atoms with Crippen molar-refractivity contribution in [1.29, 1.82) is 5.41 Å². The number of alkyl carbamates (subject to hydrolysis) is 1. The second-order valence-corrected chi connectivity index (χ2v) is 6.94. The van der Waals surface area contributed by atoms with Crippen LogP contribution in [-0.4, -0.2) is 37.6 Å². The van der Waals surface area contributed by atoms with E-state index in [-0.39, 0.29) is 17.6 Å².